The summed E-state index contributed by atoms with van der Waals surface area (Å²) < 4.78 is 13.9. The van der Waals surface area contributed by atoms with E-state index >= 15 is 0 Å². The van der Waals surface area contributed by atoms with E-state index in [4.69, 9.17) is 21.6 Å². The molecule has 0 aliphatic carbocycles. The van der Waals surface area contributed by atoms with Crippen molar-refractivity contribution in [2.45, 2.75) is 13.8 Å². The number of halogens is 2. The fourth-order valence-corrected chi connectivity index (χ4v) is 3.04. The minimum Gasteiger partial charge on any atom is -0.244 e. The van der Waals surface area contributed by atoms with Crippen LogP contribution in [0.1, 0.15) is 11.1 Å². The standard InChI is InChI=1S/C22H16ClFN2/c1-13-3-7-15(8-4-13)21-22(16-9-5-14(2)6-10-16)26-20-12-18(24)17(23)11-19(20)25-21/h3-12H,1-2H3. The van der Waals surface area contributed by atoms with Gasteiger partial charge in [-0.3, -0.25) is 0 Å². The zero-order valence-corrected chi connectivity index (χ0v) is 15.2. The first-order valence-electron chi connectivity index (χ1n) is 8.32. The van der Waals surface area contributed by atoms with Gasteiger partial charge in [-0.2, -0.15) is 0 Å². The summed E-state index contributed by atoms with van der Waals surface area (Å²) in [5.74, 6) is -0.494. The molecule has 1 aromatic heterocycles. The van der Waals surface area contributed by atoms with E-state index in [1.165, 1.54) is 17.7 Å². The third-order valence-electron chi connectivity index (χ3n) is 4.36. The highest BCUT2D eigenvalue weighted by molar-refractivity contribution is 6.31. The molecule has 4 aromatic rings. The summed E-state index contributed by atoms with van der Waals surface area (Å²) in [6, 6.07) is 19.1. The molecule has 0 saturated carbocycles. The number of benzene rings is 3. The first kappa shape index (κ1) is 16.7. The Morgan fingerprint density at radius 3 is 1.58 bits per heavy atom. The van der Waals surface area contributed by atoms with Gasteiger partial charge in [0.05, 0.1) is 27.4 Å². The lowest BCUT2D eigenvalue weighted by Crippen LogP contribution is -1.96. The molecule has 0 spiro atoms. The summed E-state index contributed by atoms with van der Waals surface area (Å²) in [6.45, 7) is 4.08. The Labute approximate surface area is 156 Å². The van der Waals surface area contributed by atoms with E-state index in [2.05, 4.69) is 0 Å². The van der Waals surface area contributed by atoms with Crippen molar-refractivity contribution >= 4 is 22.6 Å². The maximum Gasteiger partial charge on any atom is 0.144 e. The Morgan fingerprint density at radius 2 is 1.12 bits per heavy atom. The van der Waals surface area contributed by atoms with Crippen LogP contribution in [0.2, 0.25) is 5.02 Å². The number of aromatic nitrogens is 2. The van der Waals surface area contributed by atoms with Crippen LogP contribution in [0.5, 0.6) is 0 Å². The second kappa shape index (κ2) is 6.50. The second-order valence-electron chi connectivity index (χ2n) is 6.41. The monoisotopic (exact) mass is 362 g/mol. The van der Waals surface area contributed by atoms with Crippen molar-refractivity contribution in [1.29, 1.82) is 0 Å². The molecule has 2 nitrogen and oxygen atoms in total. The largest absolute Gasteiger partial charge is 0.244 e. The van der Waals surface area contributed by atoms with Crippen LogP contribution in [0.4, 0.5) is 4.39 Å². The van der Waals surface area contributed by atoms with Crippen molar-refractivity contribution in [3.05, 3.63) is 82.6 Å². The van der Waals surface area contributed by atoms with Gasteiger partial charge in [-0.25, -0.2) is 14.4 Å². The van der Waals surface area contributed by atoms with Crippen LogP contribution in [-0.4, -0.2) is 9.97 Å². The highest BCUT2D eigenvalue weighted by Crippen LogP contribution is 2.32. The van der Waals surface area contributed by atoms with Gasteiger partial charge in [0.15, 0.2) is 0 Å². The summed E-state index contributed by atoms with van der Waals surface area (Å²) in [5, 5.41) is 0.0461. The molecule has 3 aromatic carbocycles. The van der Waals surface area contributed by atoms with E-state index in [-0.39, 0.29) is 5.02 Å². The first-order chi connectivity index (χ1) is 12.5. The maximum absolute atomic E-state index is 13.9. The van der Waals surface area contributed by atoms with Gasteiger partial charge in [-0.1, -0.05) is 71.3 Å². The molecule has 0 amide bonds. The van der Waals surface area contributed by atoms with Crippen molar-refractivity contribution < 1.29 is 4.39 Å². The molecule has 0 radical (unpaired) electrons. The average molecular weight is 363 g/mol. The van der Waals surface area contributed by atoms with E-state index in [9.17, 15) is 4.39 Å². The van der Waals surface area contributed by atoms with E-state index < -0.39 is 5.82 Å². The van der Waals surface area contributed by atoms with E-state index in [1.54, 1.807) is 0 Å². The zero-order valence-electron chi connectivity index (χ0n) is 14.4. The van der Waals surface area contributed by atoms with Crippen LogP contribution in [-0.2, 0) is 0 Å². The molecule has 0 atom stereocenters. The van der Waals surface area contributed by atoms with E-state index in [1.807, 2.05) is 62.4 Å². The topological polar surface area (TPSA) is 25.8 Å². The lowest BCUT2D eigenvalue weighted by Gasteiger charge is -2.11. The lowest BCUT2D eigenvalue weighted by atomic mass is 10.0. The molecule has 0 aliphatic rings. The van der Waals surface area contributed by atoms with Gasteiger partial charge in [0.2, 0.25) is 0 Å². The number of fused-ring (bicyclic) bond motifs is 1. The van der Waals surface area contributed by atoms with E-state index in [0.717, 1.165) is 28.1 Å². The quantitative estimate of drug-likeness (QED) is 0.414. The van der Waals surface area contributed by atoms with Gasteiger partial charge in [-0.15, -0.1) is 0 Å². The highest BCUT2D eigenvalue weighted by Gasteiger charge is 2.15. The third kappa shape index (κ3) is 3.06. The molecule has 26 heavy (non-hydrogen) atoms. The Bertz CT molecular complexity index is 1010. The Balaban J connectivity index is 2.02. The number of nitrogens with zero attached hydrogens (tertiary/aromatic N) is 2. The van der Waals surface area contributed by atoms with Crippen LogP contribution in [0, 0.1) is 19.7 Å². The molecule has 128 valence electrons. The second-order valence-corrected chi connectivity index (χ2v) is 6.82. The van der Waals surface area contributed by atoms with Gasteiger partial charge in [0.25, 0.3) is 0 Å². The lowest BCUT2D eigenvalue weighted by molar-refractivity contribution is 0.629. The van der Waals surface area contributed by atoms with Crippen LogP contribution in [0.15, 0.2) is 60.7 Å². The Morgan fingerprint density at radius 1 is 0.692 bits per heavy atom. The predicted molar refractivity (Wildman–Crippen MR) is 105 cm³/mol. The fraction of sp³-hybridized carbons (Fsp3) is 0.0909. The SMILES string of the molecule is Cc1ccc(-c2nc3cc(F)c(Cl)cc3nc2-c2ccc(C)cc2)cc1. The van der Waals surface area contributed by atoms with Gasteiger partial charge in [-0.05, 0) is 19.9 Å². The van der Waals surface area contributed by atoms with E-state index in [0.29, 0.717) is 11.0 Å². The fourth-order valence-electron chi connectivity index (χ4n) is 2.88. The molecular weight excluding hydrogens is 347 g/mol. The Hall–Kier alpha value is -2.78. The van der Waals surface area contributed by atoms with Gasteiger partial charge < -0.3 is 0 Å². The van der Waals surface area contributed by atoms with Gasteiger partial charge in [0.1, 0.15) is 5.82 Å². The van der Waals surface area contributed by atoms with Crippen LogP contribution >= 0.6 is 11.6 Å². The predicted octanol–water partition coefficient (Wildman–Crippen LogP) is 6.37. The first-order valence-corrected chi connectivity index (χ1v) is 8.70. The Kier molecular flexibility index (Phi) is 4.17. The molecule has 0 fully saturated rings. The minimum atomic E-state index is -0.494. The molecule has 0 saturated heterocycles. The van der Waals surface area contributed by atoms with Crippen LogP contribution in [0.25, 0.3) is 33.5 Å². The third-order valence-corrected chi connectivity index (χ3v) is 4.65. The molecule has 1 heterocycles. The molecule has 4 rings (SSSR count). The van der Waals surface area contributed by atoms with Gasteiger partial charge >= 0.3 is 0 Å². The molecule has 4 heteroatoms. The van der Waals surface area contributed by atoms with Crippen LogP contribution in [0.3, 0.4) is 0 Å². The molecule has 0 N–H and O–H groups in total. The van der Waals surface area contributed by atoms with Crippen molar-refractivity contribution in [2.24, 2.45) is 0 Å². The van der Waals surface area contributed by atoms with Crippen molar-refractivity contribution in [1.82, 2.24) is 9.97 Å². The van der Waals surface area contributed by atoms with Gasteiger partial charge in [0, 0.05) is 17.2 Å². The smallest absolute Gasteiger partial charge is 0.144 e. The number of hydrogen-bond donors (Lipinski definition) is 0. The number of rotatable bonds is 2. The molecule has 0 aliphatic heterocycles. The molecule has 0 unspecified atom stereocenters. The maximum atomic E-state index is 13.9. The summed E-state index contributed by atoms with van der Waals surface area (Å²) >= 11 is 5.94. The highest BCUT2D eigenvalue weighted by atomic mass is 35.5. The summed E-state index contributed by atoms with van der Waals surface area (Å²) in [6.07, 6.45) is 0. The number of aryl methyl sites for hydroxylation is 2. The van der Waals surface area contributed by atoms with Crippen molar-refractivity contribution in [3.63, 3.8) is 0 Å². The molecular formula is C22H16ClFN2. The molecule has 0 bridgehead atoms. The summed E-state index contributed by atoms with van der Waals surface area (Å²) in [4.78, 5) is 9.48. The number of hydrogen-bond acceptors (Lipinski definition) is 2. The van der Waals surface area contributed by atoms with Crippen molar-refractivity contribution in [2.75, 3.05) is 0 Å². The normalized spacial score (nSPS) is 11.1. The van der Waals surface area contributed by atoms with Crippen molar-refractivity contribution in [3.8, 4) is 22.5 Å². The average Bonchev–Trinajstić information content (AvgIpc) is 2.63. The minimum absolute atomic E-state index is 0.0461. The summed E-state index contributed by atoms with van der Waals surface area (Å²) in [5.41, 5.74) is 6.77. The summed E-state index contributed by atoms with van der Waals surface area (Å²) in [7, 11) is 0. The van der Waals surface area contributed by atoms with Crippen LogP contribution < -0.4 is 0 Å². The zero-order chi connectivity index (χ0) is 18.3.